The van der Waals surface area contributed by atoms with Gasteiger partial charge in [0.15, 0.2) is 12.4 Å². The van der Waals surface area contributed by atoms with Crippen LogP contribution in [0.25, 0.3) is 0 Å². The lowest BCUT2D eigenvalue weighted by Gasteiger charge is -2.32. The van der Waals surface area contributed by atoms with Crippen molar-refractivity contribution in [3.05, 3.63) is 35.9 Å². The molecule has 5 heteroatoms. The van der Waals surface area contributed by atoms with E-state index in [1.54, 1.807) is 0 Å². The van der Waals surface area contributed by atoms with Crippen LogP contribution in [0, 0.1) is 0 Å². The summed E-state index contributed by atoms with van der Waals surface area (Å²) in [4.78, 5) is 11.0. The van der Waals surface area contributed by atoms with Crippen molar-refractivity contribution < 1.29 is 19.4 Å². The van der Waals surface area contributed by atoms with Crippen LogP contribution >= 0.6 is 0 Å². The first-order chi connectivity index (χ1) is 7.68. The van der Waals surface area contributed by atoms with Gasteiger partial charge >= 0.3 is 0 Å². The van der Waals surface area contributed by atoms with Crippen LogP contribution in [0.1, 0.15) is 11.9 Å². The van der Waals surface area contributed by atoms with Gasteiger partial charge < -0.3 is 20.3 Å². The zero-order valence-electron chi connectivity index (χ0n) is 8.58. The van der Waals surface area contributed by atoms with Crippen LogP contribution in [0.15, 0.2) is 30.3 Å². The summed E-state index contributed by atoms with van der Waals surface area (Å²) in [6.07, 6.45) is -2.67. The second-order valence-electron chi connectivity index (χ2n) is 3.60. The molecule has 1 aromatic rings. The van der Waals surface area contributed by atoms with Gasteiger partial charge in [-0.2, -0.15) is 0 Å². The molecule has 86 valence electrons. The zero-order valence-corrected chi connectivity index (χ0v) is 8.58. The Bertz CT molecular complexity index is 368. The first-order valence-electron chi connectivity index (χ1n) is 4.98. The SMILES string of the molecule is NC(=O)[C@@H]1O[C@H](c2ccccc2)OC[C@H]1O. The molecule has 3 N–H and O–H groups in total. The lowest BCUT2D eigenvalue weighted by molar-refractivity contribution is -0.250. The van der Waals surface area contributed by atoms with Gasteiger partial charge in [0.05, 0.1) is 6.61 Å². The highest BCUT2D eigenvalue weighted by molar-refractivity contribution is 5.79. The van der Waals surface area contributed by atoms with Crippen molar-refractivity contribution in [2.75, 3.05) is 6.61 Å². The third kappa shape index (κ3) is 2.21. The van der Waals surface area contributed by atoms with Gasteiger partial charge in [0.25, 0.3) is 0 Å². The number of carbonyl (C=O) groups is 1. The van der Waals surface area contributed by atoms with E-state index in [1.165, 1.54) is 0 Å². The van der Waals surface area contributed by atoms with E-state index in [-0.39, 0.29) is 6.61 Å². The fraction of sp³-hybridized carbons (Fsp3) is 0.364. The van der Waals surface area contributed by atoms with Crippen molar-refractivity contribution in [2.24, 2.45) is 5.73 Å². The largest absolute Gasteiger partial charge is 0.387 e. The maximum atomic E-state index is 11.0. The van der Waals surface area contributed by atoms with Crippen molar-refractivity contribution in [3.63, 3.8) is 0 Å². The molecule has 1 fully saturated rings. The van der Waals surface area contributed by atoms with Crippen molar-refractivity contribution in [1.82, 2.24) is 0 Å². The van der Waals surface area contributed by atoms with E-state index in [9.17, 15) is 9.90 Å². The van der Waals surface area contributed by atoms with Gasteiger partial charge in [-0.25, -0.2) is 0 Å². The minimum Gasteiger partial charge on any atom is -0.387 e. The maximum Gasteiger partial charge on any atom is 0.249 e. The fourth-order valence-corrected chi connectivity index (χ4v) is 1.58. The molecule has 0 radical (unpaired) electrons. The Hall–Kier alpha value is -1.43. The van der Waals surface area contributed by atoms with Gasteiger partial charge in [-0.15, -0.1) is 0 Å². The number of carbonyl (C=O) groups excluding carboxylic acids is 1. The van der Waals surface area contributed by atoms with E-state index in [0.717, 1.165) is 5.56 Å². The van der Waals surface area contributed by atoms with Crippen LogP contribution in [0.3, 0.4) is 0 Å². The molecule has 0 bridgehead atoms. The smallest absolute Gasteiger partial charge is 0.249 e. The molecular weight excluding hydrogens is 210 g/mol. The molecule has 1 heterocycles. The molecule has 1 aromatic carbocycles. The van der Waals surface area contributed by atoms with Crippen LogP contribution in [0.4, 0.5) is 0 Å². The van der Waals surface area contributed by atoms with E-state index in [2.05, 4.69) is 0 Å². The Morgan fingerprint density at radius 3 is 2.69 bits per heavy atom. The molecule has 0 aliphatic carbocycles. The van der Waals surface area contributed by atoms with Gasteiger partial charge in [0.1, 0.15) is 6.10 Å². The summed E-state index contributed by atoms with van der Waals surface area (Å²) in [5.41, 5.74) is 5.91. The van der Waals surface area contributed by atoms with E-state index >= 15 is 0 Å². The molecule has 3 atom stereocenters. The van der Waals surface area contributed by atoms with Crippen molar-refractivity contribution >= 4 is 5.91 Å². The quantitative estimate of drug-likeness (QED) is 0.736. The molecule has 1 saturated heterocycles. The van der Waals surface area contributed by atoms with Crippen molar-refractivity contribution in [3.8, 4) is 0 Å². The zero-order chi connectivity index (χ0) is 11.5. The topological polar surface area (TPSA) is 81.8 Å². The van der Waals surface area contributed by atoms with Crippen molar-refractivity contribution in [1.29, 1.82) is 0 Å². The summed E-state index contributed by atoms with van der Waals surface area (Å²) in [6, 6.07) is 9.19. The molecule has 1 aliphatic rings. The van der Waals surface area contributed by atoms with Gasteiger partial charge in [0.2, 0.25) is 5.91 Å². The fourth-order valence-electron chi connectivity index (χ4n) is 1.58. The number of aliphatic hydroxyl groups excluding tert-OH is 1. The van der Waals surface area contributed by atoms with E-state index in [1.807, 2.05) is 30.3 Å². The molecule has 16 heavy (non-hydrogen) atoms. The molecule has 5 nitrogen and oxygen atoms in total. The number of rotatable bonds is 2. The number of ether oxygens (including phenoxy) is 2. The number of nitrogens with two attached hydrogens (primary N) is 1. The maximum absolute atomic E-state index is 11.0. The van der Waals surface area contributed by atoms with Gasteiger partial charge in [-0.05, 0) is 0 Å². The van der Waals surface area contributed by atoms with Crippen LogP contribution < -0.4 is 5.73 Å². The number of hydrogen-bond acceptors (Lipinski definition) is 4. The number of hydrogen-bond donors (Lipinski definition) is 2. The summed E-state index contributed by atoms with van der Waals surface area (Å²) < 4.78 is 10.6. The normalized spacial score (nSPS) is 29.9. The van der Waals surface area contributed by atoms with Crippen LogP contribution in [0.2, 0.25) is 0 Å². The summed E-state index contributed by atoms with van der Waals surface area (Å²) in [7, 11) is 0. The predicted molar refractivity (Wildman–Crippen MR) is 55.2 cm³/mol. The van der Waals surface area contributed by atoms with E-state index < -0.39 is 24.4 Å². The highest BCUT2D eigenvalue weighted by Crippen LogP contribution is 2.25. The lowest BCUT2D eigenvalue weighted by atomic mass is 10.1. The highest BCUT2D eigenvalue weighted by atomic mass is 16.7. The predicted octanol–water partition coefficient (Wildman–Crippen LogP) is -0.0532. The molecule has 0 aromatic heterocycles. The lowest BCUT2D eigenvalue weighted by Crippen LogP contribution is -2.48. The second kappa shape index (κ2) is 4.61. The first kappa shape index (κ1) is 11.1. The van der Waals surface area contributed by atoms with Crippen LogP contribution in [-0.2, 0) is 14.3 Å². The second-order valence-corrected chi connectivity index (χ2v) is 3.60. The van der Waals surface area contributed by atoms with Crippen LogP contribution in [-0.4, -0.2) is 29.8 Å². The van der Waals surface area contributed by atoms with Crippen molar-refractivity contribution in [2.45, 2.75) is 18.5 Å². The summed E-state index contributed by atoms with van der Waals surface area (Å²) in [6.45, 7) is 0.0349. The molecule has 0 saturated carbocycles. The first-order valence-corrected chi connectivity index (χ1v) is 4.98. The summed E-state index contributed by atoms with van der Waals surface area (Å²) >= 11 is 0. The summed E-state index contributed by atoms with van der Waals surface area (Å²) in [5.74, 6) is -0.684. The van der Waals surface area contributed by atoms with Gasteiger partial charge in [-0.3, -0.25) is 4.79 Å². The Balaban J connectivity index is 2.12. The van der Waals surface area contributed by atoms with Crippen LogP contribution in [0.5, 0.6) is 0 Å². The Labute approximate surface area is 92.8 Å². The minimum absolute atomic E-state index is 0.0349. The number of primary amides is 1. The Morgan fingerprint density at radius 2 is 2.06 bits per heavy atom. The number of benzene rings is 1. The third-order valence-electron chi connectivity index (χ3n) is 2.39. The molecule has 0 spiro atoms. The summed E-state index contributed by atoms with van der Waals surface area (Å²) in [5, 5.41) is 9.45. The third-order valence-corrected chi connectivity index (χ3v) is 2.39. The Morgan fingerprint density at radius 1 is 1.38 bits per heavy atom. The Kier molecular flexibility index (Phi) is 3.19. The minimum atomic E-state index is -1.01. The molecular formula is C11H13NO4. The molecule has 2 rings (SSSR count). The average molecular weight is 223 g/mol. The molecule has 1 aliphatic heterocycles. The molecule has 1 amide bonds. The highest BCUT2D eigenvalue weighted by Gasteiger charge is 2.35. The average Bonchev–Trinajstić information content (AvgIpc) is 2.30. The monoisotopic (exact) mass is 223 g/mol. The van der Waals surface area contributed by atoms with Gasteiger partial charge in [-0.1, -0.05) is 30.3 Å². The molecule has 0 unspecified atom stereocenters. The number of amides is 1. The number of aliphatic hydroxyl groups is 1. The van der Waals surface area contributed by atoms with E-state index in [4.69, 9.17) is 15.2 Å². The van der Waals surface area contributed by atoms with Gasteiger partial charge in [0, 0.05) is 5.56 Å². The standard InChI is InChI=1S/C11H13NO4/c12-10(14)9-8(13)6-15-11(16-9)7-4-2-1-3-5-7/h1-5,8-9,11,13H,6H2,(H2,12,14)/t8-,9-,11-/m1/s1. The van der Waals surface area contributed by atoms with E-state index in [0.29, 0.717) is 0 Å².